The first-order chi connectivity index (χ1) is 12.3. The highest BCUT2D eigenvalue weighted by Crippen LogP contribution is 2.24. The molecule has 0 amide bonds. The highest BCUT2D eigenvalue weighted by Gasteiger charge is 2.07. The lowest BCUT2D eigenvalue weighted by Crippen LogP contribution is -1.91. The summed E-state index contributed by atoms with van der Waals surface area (Å²) in [6, 6.07) is 16.0. The van der Waals surface area contributed by atoms with Gasteiger partial charge in [0.15, 0.2) is 0 Å². The van der Waals surface area contributed by atoms with Crippen LogP contribution in [0.25, 0.3) is 16.9 Å². The summed E-state index contributed by atoms with van der Waals surface area (Å²) in [5.41, 5.74) is 3.68. The van der Waals surface area contributed by atoms with E-state index in [0.29, 0.717) is 6.01 Å². The fraction of sp³-hybridized carbons (Fsp3) is 0.0526. The third-order valence-electron chi connectivity index (χ3n) is 3.81. The molecule has 4 rings (SSSR count). The van der Waals surface area contributed by atoms with E-state index in [9.17, 15) is 0 Å². The van der Waals surface area contributed by atoms with Gasteiger partial charge in [0.25, 0.3) is 6.01 Å². The fourth-order valence-corrected chi connectivity index (χ4v) is 2.48. The Hall–Kier alpha value is -3.54. The number of aromatic nitrogens is 3. The zero-order chi connectivity index (χ0) is 17.1. The van der Waals surface area contributed by atoms with Crippen LogP contribution >= 0.6 is 0 Å². The second kappa shape index (κ2) is 6.52. The molecular weight excluding hydrogens is 316 g/mol. The van der Waals surface area contributed by atoms with Crippen molar-refractivity contribution >= 4 is 11.7 Å². The number of nitrogens with zero attached hydrogens (tertiary/aromatic N) is 3. The third-order valence-corrected chi connectivity index (χ3v) is 3.81. The molecule has 0 aliphatic heterocycles. The monoisotopic (exact) mass is 332 g/mol. The van der Waals surface area contributed by atoms with E-state index in [1.54, 1.807) is 25.9 Å². The van der Waals surface area contributed by atoms with Gasteiger partial charge >= 0.3 is 0 Å². The van der Waals surface area contributed by atoms with Crippen molar-refractivity contribution in [1.82, 2.24) is 14.5 Å². The molecule has 1 N–H and O–H groups in total. The summed E-state index contributed by atoms with van der Waals surface area (Å²) in [5, 5.41) is 3.13. The maximum absolute atomic E-state index is 5.51. The van der Waals surface area contributed by atoms with Crippen molar-refractivity contribution in [2.75, 3.05) is 12.4 Å². The smallest absolute Gasteiger partial charge is 0.299 e. The van der Waals surface area contributed by atoms with Gasteiger partial charge in [-0.3, -0.25) is 0 Å². The molecule has 6 heteroatoms. The van der Waals surface area contributed by atoms with E-state index >= 15 is 0 Å². The van der Waals surface area contributed by atoms with Crippen molar-refractivity contribution in [2.45, 2.75) is 0 Å². The van der Waals surface area contributed by atoms with Crippen LogP contribution in [0.1, 0.15) is 0 Å². The van der Waals surface area contributed by atoms with Crippen LogP contribution in [0.5, 0.6) is 5.75 Å². The van der Waals surface area contributed by atoms with E-state index in [1.165, 1.54) is 0 Å². The Morgan fingerprint density at radius 3 is 2.52 bits per heavy atom. The Labute approximate surface area is 144 Å². The van der Waals surface area contributed by atoms with E-state index in [1.807, 2.05) is 59.3 Å². The van der Waals surface area contributed by atoms with Crippen LogP contribution in [0.15, 0.2) is 77.9 Å². The number of oxazole rings is 1. The van der Waals surface area contributed by atoms with Crippen LogP contribution in [-0.2, 0) is 0 Å². The third kappa shape index (κ3) is 3.23. The average Bonchev–Trinajstić information content (AvgIpc) is 3.35. The number of nitrogens with one attached hydrogen (secondary N) is 1. The van der Waals surface area contributed by atoms with Crippen LogP contribution < -0.4 is 10.1 Å². The van der Waals surface area contributed by atoms with Gasteiger partial charge in [0.1, 0.15) is 17.7 Å². The van der Waals surface area contributed by atoms with Crippen LogP contribution in [0.2, 0.25) is 0 Å². The van der Waals surface area contributed by atoms with Crippen molar-refractivity contribution in [3.8, 4) is 22.7 Å². The van der Waals surface area contributed by atoms with Gasteiger partial charge in [0.05, 0.1) is 13.4 Å². The molecular formula is C19H16N4O2. The summed E-state index contributed by atoms with van der Waals surface area (Å²) in [5.74, 6) is 0.802. The highest BCUT2D eigenvalue weighted by atomic mass is 16.5. The molecule has 0 saturated carbocycles. The molecule has 25 heavy (non-hydrogen) atoms. The first-order valence-electron chi connectivity index (χ1n) is 7.77. The predicted octanol–water partition coefficient (Wildman–Crippen LogP) is 4.28. The number of benzene rings is 2. The summed E-state index contributed by atoms with van der Waals surface area (Å²) in [6.07, 6.45) is 7.06. The lowest BCUT2D eigenvalue weighted by Gasteiger charge is -2.03. The van der Waals surface area contributed by atoms with Crippen molar-refractivity contribution in [1.29, 1.82) is 0 Å². The second-order valence-corrected chi connectivity index (χ2v) is 5.41. The van der Waals surface area contributed by atoms with Gasteiger partial charge in [-0.05, 0) is 36.4 Å². The molecule has 0 atom stereocenters. The molecule has 2 aromatic heterocycles. The lowest BCUT2D eigenvalue weighted by molar-refractivity contribution is 0.415. The lowest BCUT2D eigenvalue weighted by atomic mass is 10.1. The van der Waals surface area contributed by atoms with E-state index in [-0.39, 0.29) is 0 Å². The van der Waals surface area contributed by atoms with E-state index in [2.05, 4.69) is 15.3 Å². The van der Waals surface area contributed by atoms with E-state index in [0.717, 1.165) is 28.4 Å². The average molecular weight is 332 g/mol. The highest BCUT2D eigenvalue weighted by molar-refractivity contribution is 5.62. The largest absolute Gasteiger partial charge is 0.497 e. The normalized spacial score (nSPS) is 10.6. The minimum atomic E-state index is 0.443. The van der Waals surface area contributed by atoms with Crippen LogP contribution in [0, 0.1) is 0 Å². The Balaban J connectivity index is 1.50. The molecule has 0 aliphatic carbocycles. The molecule has 124 valence electrons. The minimum Gasteiger partial charge on any atom is -0.497 e. The molecule has 4 aromatic rings. The number of imidazole rings is 1. The molecule has 0 radical (unpaired) electrons. The Morgan fingerprint density at radius 1 is 1.04 bits per heavy atom. The quantitative estimate of drug-likeness (QED) is 0.591. The Bertz CT molecular complexity index is 942. The number of rotatable bonds is 5. The van der Waals surface area contributed by atoms with E-state index in [4.69, 9.17) is 9.15 Å². The van der Waals surface area contributed by atoms with Gasteiger partial charge in [-0.2, -0.15) is 4.98 Å². The van der Waals surface area contributed by atoms with Crippen molar-refractivity contribution in [2.24, 2.45) is 0 Å². The van der Waals surface area contributed by atoms with Gasteiger partial charge in [-0.1, -0.05) is 12.1 Å². The van der Waals surface area contributed by atoms with Gasteiger partial charge < -0.3 is 19.0 Å². The minimum absolute atomic E-state index is 0.443. The van der Waals surface area contributed by atoms with Crippen LogP contribution in [0.3, 0.4) is 0 Å². The van der Waals surface area contributed by atoms with Crippen LogP contribution in [0.4, 0.5) is 11.7 Å². The molecule has 0 unspecified atom stereocenters. The van der Waals surface area contributed by atoms with Gasteiger partial charge in [0.2, 0.25) is 0 Å². The molecule has 6 nitrogen and oxygen atoms in total. The maximum Gasteiger partial charge on any atom is 0.299 e. The summed E-state index contributed by atoms with van der Waals surface area (Å²) < 4.78 is 12.6. The van der Waals surface area contributed by atoms with Crippen LogP contribution in [-0.4, -0.2) is 21.6 Å². The van der Waals surface area contributed by atoms with Crippen molar-refractivity contribution in [3.05, 3.63) is 73.5 Å². The first-order valence-corrected chi connectivity index (χ1v) is 7.77. The molecule has 0 bridgehead atoms. The second-order valence-electron chi connectivity index (χ2n) is 5.41. The Morgan fingerprint density at radius 2 is 1.84 bits per heavy atom. The summed E-state index contributed by atoms with van der Waals surface area (Å²) in [7, 11) is 1.64. The number of ether oxygens (including phenoxy) is 1. The van der Waals surface area contributed by atoms with Crippen molar-refractivity contribution < 1.29 is 9.15 Å². The Kier molecular flexibility index (Phi) is 3.92. The van der Waals surface area contributed by atoms with Gasteiger partial charge in [-0.25, -0.2) is 4.98 Å². The summed E-state index contributed by atoms with van der Waals surface area (Å²) in [4.78, 5) is 8.54. The fourth-order valence-electron chi connectivity index (χ4n) is 2.48. The predicted molar refractivity (Wildman–Crippen MR) is 95.3 cm³/mol. The number of anilines is 2. The molecule has 0 spiro atoms. The maximum atomic E-state index is 5.51. The molecule has 2 aromatic carbocycles. The molecule has 0 fully saturated rings. The number of methoxy groups -OCH3 is 1. The molecule has 0 saturated heterocycles. The zero-order valence-corrected chi connectivity index (χ0v) is 13.6. The van der Waals surface area contributed by atoms with Crippen molar-refractivity contribution in [3.63, 3.8) is 0 Å². The summed E-state index contributed by atoms with van der Waals surface area (Å²) in [6.45, 7) is 0. The SMILES string of the molecule is COc1ccc(Nc2nc(-c3ccc(-n4ccnc4)cc3)co2)cc1. The number of hydrogen-bond donors (Lipinski definition) is 1. The topological polar surface area (TPSA) is 65.1 Å². The molecule has 0 aliphatic rings. The zero-order valence-electron chi connectivity index (χ0n) is 13.6. The van der Waals surface area contributed by atoms with Gasteiger partial charge in [-0.15, -0.1) is 0 Å². The summed E-state index contributed by atoms with van der Waals surface area (Å²) >= 11 is 0. The first kappa shape index (κ1) is 15.0. The molecule has 2 heterocycles. The van der Waals surface area contributed by atoms with E-state index < -0.39 is 0 Å². The number of hydrogen-bond acceptors (Lipinski definition) is 5. The standard InChI is InChI=1S/C19H16N4O2/c1-24-17-8-4-15(5-9-17)21-19-22-18(12-25-19)14-2-6-16(7-3-14)23-11-10-20-13-23/h2-13H,1H3,(H,21,22). The van der Waals surface area contributed by atoms with Gasteiger partial charge in [0, 0.05) is 29.3 Å².